The molecule has 0 bridgehead atoms. The van der Waals surface area contributed by atoms with Crippen molar-refractivity contribution in [1.29, 1.82) is 0 Å². The van der Waals surface area contributed by atoms with Gasteiger partial charge in [0, 0.05) is 49.3 Å². The van der Waals surface area contributed by atoms with E-state index in [2.05, 4.69) is 15.0 Å². The molecule has 0 fully saturated rings. The second-order valence-corrected chi connectivity index (χ2v) is 12.8. The highest BCUT2D eigenvalue weighted by Crippen LogP contribution is 2.27. The van der Waals surface area contributed by atoms with E-state index >= 15 is 0 Å². The van der Waals surface area contributed by atoms with Gasteiger partial charge >= 0.3 is 0 Å². The fourth-order valence-electron chi connectivity index (χ4n) is 4.10. The summed E-state index contributed by atoms with van der Waals surface area (Å²) in [4.78, 5) is 13.8. The van der Waals surface area contributed by atoms with Gasteiger partial charge < -0.3 is 0 Å². The summed E-state index contributed by atoms with van der Waals surface area (Å²) in [5.41, 5.74) is 3.83. The maximum atomic E-state index is 13.4. The lowest BCUT2D eigenvalue weighted by Crippen LogP contribution is -2.12. The van der Waals surface area contributed by atoms with E-state index in [0.29, 0.717) is 24.3 Å². The smallest absolute Gasteiger partial charge is 0.241 e. The van der Waals surface area contributed by atoms with E-state index in [9.17, 15) is 16.8 Å². The van der Waals surface area contributed by atoms with Crippen LogP contribution in [0.5, 0.6) is 0 Å². The first kappa shape index (κ1) is 24.8. The van der Waals surface area contributed by atoms with Gasteiger partial charge in [-0.05, 0) is 59.5 Å². The van der Waals surface area contributed by atoms with Gasteiger partial charge in [-0.3, -0.25) is 0 Å². The Balaban J connectivity index is 1.42. The van der Waals surface area contributed by atoms with Gasteiger partial charge in [0.15, 0.2) is 15.5 Å². The number of hydrogen-bond donors (Lipinski definition) is 0. The van der Waals surface area contributed by atoms with Crippen LogP contribution in [0, 0.1) is 6.92 Å². The molecule has 188 valence electrons. The minimum absolute atomic E-state index is 0.193. The molecule has 0 saturated heterocycles. The third-order valence-corrected chi connectivity index (χ3v) is 8.79. The molecule has 10 heteroatoms. The summed E-state index contributed by atoms with van der Waals surface area (Å²) in [5.74, 6) is 0.599. The Morgan fingerprint density at radius 2 is 1.43 bits per heavy atom. The van der Waals surface area contributed by atoms with Crippen LogP contribution in [0.25, 0.3) is 11.0 Å². The van der Waals surface area contributed by atoms with E-state index < -0.39 is 19.9 Å². The van der Waals surface area contributed by atoms with Crippen LogP contribution >= 0.6 is 0 Å². The van der Waals surface area contributed by atoms with Crippen molar-refractivity contribution in [2.75, 3.05) is 6.26 Å². The summed E-state index contributed by atoms with van der Waals surface area (Å²) in [6, 6.07) is 16.9. The Bertz CT molecular complexity index is 1800. The molecule has 0 atom stereocenters. The number of hydrogen-bond acceptors (Lipinski definition) is 7. The molecular formula is C27H24N4O4S2. The summed E-state index contributed by atoms with van der Waals surface area (Å²) in [6.07, 6.45) is 8.80. The molecule has 0 saturated carbocycles. The zero-order valence-electron chi connectivity index (χ0n) is 20.2. The second-order valence-electron chi connectivity index (χ2n) is 8.93. The van der Waals surface area contributed by atoms with Crippen molar-refractivity contribution in [3.63, 3.8) is 0 Å². The molecule has 3 aromatic heterocycles. The highest BCUT2D eigenvalue weighted by atomic mass is 32.2. The van der Waals surface area contributed by atoms with Crippen LogP contribution in [0.4, 0.5) is 0 Å². The number of nitrogens with zero attached hydrogens (tertiary/aromatic N) is 4. The number of aryl methyl sites for hydroxylation is 1. The molecule has 0 aliphatic carbocycles. The van der Waals surface area contributed by atoms with Gasteiger partial charge in [-0.2, -0.15) is 0 Å². The summed E-state index contributed by atoms with van der Waals surface area (Å²) >= 11 is 0. The SMILES string of the molecule is Cc1cnc2c(c1)c(Cc1cnc(Cc3ccc(S(C)(=O)=O)cc3)nc1)cn2S(=O)(=O)c1ccccc1. The van der Waals surface area contributed by atoms with E-state index in [0.717, 1.165) is 27.6 Å². The first-order valence-electron chi connectivity index (χ1n) is 11.5. The largest absolute Gasteiger partial charge is 0.269 e. The molecule has 2 aromatic carbocycles. The first-order valence-corrected chi connectivity index (χ1v) is 14.8. The van der Waals surface area contributed by atoms with Gasteiger partial charge in [0.25, 0.3) is 10.0 Å². The fourth-order valence-corrected chi connectivity index (χ4v) is 6.10. The van der Waals surface area contributed by atoms with Crippen molar-refractivity contribution in [3.8, 4) is 0 Å². The Kier molecular flexibility index (Phi) is 6.38. The molecule has 0 N–H and O–H groups in total. The molecule has 0 unspecified atom stereocenters. The summed E-state index contributed by atoms with van der Waals surface area (Å²) in [6.45, 7) is 1.92. The van der Waals surface area contributed by atoms with Crippen molar-refractivity contribution in [1.82, 2.24) is 18.9 Å². The summed E-state index contributed by atoms with van der Waals surface area (Å²) in [5, 5.41) is 0.759. The van der Waals surface area contributed by atoms with Gasteiger partial charge in [-0.25, -0.2) is 35.8 Å². The molecule has 0 radical (unpaired) electrons. The highest BCUT2D eigenvalue weighted by molar-refractivity contribution is 7.90. The molecule has 0 aliphatic heterocycles. The molecule has 0 amide bonds. The predicted octanol–water partition coefficient (Wildman–Crippen LogP) is 3.96. The summed E-state index contributed by atoms with van der Waals surface area (Å²) in [7, 11) is -7.06. The van der Waals surface area contributed by atoms with Crippen LogP contribution < -0.4 is 0 Å². The Morgan fingerprint density at radius 1 is 0.757 bits per heavy atom. The molecular weight excluding hydrogens is 508 g/mol. The number of rotatable bonds is 7. The highest BCUT2D eigenvalue weighted by Gasteiger charge is 2.22. The Morgan fingerprint density at radius 3 is 2.08 bits per heavy atom. The quantitative estimate of drug-likeness (QED) is 0.312. The van der Waals surface area contributed by atoms with E-state index in [4.69, 9.17) is 0 Å². The minimum atomic E-state index is -3.82. The first-order chi connectivity index (χ1) is 17.6. The number of aromatic nitrogens is 4. The van der Waals surface area contributed by atoms with Crippen LogP contribution in [-0.4, -0.2) is 42.0 Å². The van der Waals surface area contributed by atoms with Crippen molar-refractivity contribution in [2.24, 2.45) is 0 Å². The Labute approximate surface area is 215 Å². The maximum absolute atomic E-state index is 13.4. The number of pyridine rings is 1. The van der Waals surface area contributed by atoms with Crippen LogP contribution in [0.2, 0.25) is 0 Å². The maximum Gasteiger partial charge on any atom is 0.269 e. The van der Waals surface area contributed by atoms with E-state index in [1.807, 2.05) is 13.0 Å². The zero-order chi connectivity index (χ0) is 26.2. The monoisotopic (exact) mass is 532 g/mol. The van der Waals surface area contributed by atoms with Crippen molar-refractivity contribution in [3.05, 3.63) is 114 Å². The number of fused-ring (bicyclic) bond motifs is 1. The standard InChI is InChI=1S/C27H24N4O4S2/c1-19-12-25-22(18-31(27(25)30-15-19)37(34,35)24-6-4-3-5-7-24)13-21-16-28-26(29-17-21)14-20-8-10-23(11-9-20)36(2,32)33/h3-12,15-18H,13-14H2,1-2H3. The lowest BCUT2D eigenvalue weighted by atomic mass is 10.1. The minimum Gasteiger partial charge on any atom is -0.241 e. The average Bonchev–Trinajstić information content (AvgIpc) is 3.23. The normalized spacial score (nSPS) is 12.2. The lowest BCUT2D eigenvalue weighted by molar-refractivity contribution is 0.588. The third kappa shape index (κ3) is 5.16. The molecule has 3 heterocycles. The van der Waals surface area contributed by atoms with Crippen LogP contribution in [0.3, 0.4) is 0 Å². The predicted molar refractivity (Wildman–Crippen MR) is 141 cm³/mol. The fraction of sp³-hybridized carbons (Fsp3) is 0.148. The van der Waals surface area contributed by atoms with Crippen LogP contribution in [-0.2, 0) is 32.7 Å². The van der Waals surface area contributed by atoms with Crippen LogP contribution in [0.1, 0.15) is 28.1 Å². The third-order valence-electron chi connectivity index (χ3n) is 6.00. The van der Waals surface area contributed by atoms with E-state index in [1.54, 1.807) is 79.4 Å². The van der Waals surface area contributed by atoms with Gasteiger partial charge in [0.1, 0.15) is 5.82 Å². The molecule has 0 aliphatic rings. The zero-order valence-corrected chi connectivity index (χ0v) is 21.9. The molecule has 37 heavy (non-hydrogen) atoms. The molecule has 5 rings (SSSR count). The Hall–Kier alpha value is -3.89. The number of sulfone groups is 1. The van der Waals surface area contributed by atoms with Crippen molar-refractivity contribution >= 4 is 30.9 Å². The lowest BCUT2D eigenvalue weighted by Gasteiger charge is -2.06. The summed E-state index contributed by atoms with van der Waals surface area (Å²) < 4.78 is 51.3. The topological polar surface area (TPSA) is 112 Å². The molecule has 8 nitrogen and oxygen atoms in total. The van der Waals surface area contributed by atoms with E-state index in [-0.39, 0.29) is 9.79 Å². The van der Waals surface area contributed by atoms with E-state index in [1.165, 1.54) is 10.2 Å². The molecule has 5 aromatic rings. The van der Waals surface area contributed by atoms with Gasteiger partial charge in [0.2, 0.25) is 0 Å². The molecule has 0 spiro atoms. The second kappa shape index (κ2) is 9.53. The van der Waals surface area contributed by atoms with Gasteiger partial charge in [-0.15, -0.1) is 0 Å². The van der Waals surface area contributed by atoms with Crippen LogP contribution in [0.15, 0.2) is 95.2 Å². The van der Waals surface area contributed by atoms with Gasteiger partial charge in [0.05, 0.1) is 9.79 Å². The van der Waals surface area contributed by atoms with Crippen molar-refractivity contribution in [2.45, 2.75) is 29.6 Å². The van der Waals surface area contributed by atoms with Gasteiger partial charge in [-0.1, -0.05) is 30.3 Å². The van der Waals surface area contributed by atoms with Crippen molar-refractivity contribution < 1.29 is 16.8 Å². The number of benzene rings is 2. The average molecular weight is 533 g/mol.